The lowest BCUT2D eigenvalue weighted by Gasteiger charge is -2.31. The zero-order chi connectivity index (χ0) is 30.0. The van der Waals surface area contributed by atoms with Crippen LogP contribution in [0, 0.1) is 0 Å². The van der Waals surface area contributed by atoms with Gasteiger partial charge in [0.15, 0.2) is 0 Å². The van der Waals surface area contributed by atoms with Gasteiger partial charge in [-0.1, -0.05) is 18.9 Å². The summed E-state index contributed by atoms with van der Waals surface area (Å²) in [4.78, 5) is 21.2. The Morgan fingerprint density at radius 2 is 1.70 bits per heavy atom. The van der Waals surface area contributed by atoms with E-state index in [9.17, 15) is 9.90 Å². The van der Waals surface area contributed by atoms with Crippen molar-refractivity contribution >= 4 is 16.9 Å². The zero-order valence-corrected chi connectivity index (χ0v) is 25.3. The summed E-state index contributed by atoms with van der Waals surface area (Å²) in [5.74, 6) is -0.349. The van der Waals surface area contributed by atoms with Crippen LogP contribution in [-0.2, 0) is 19.7 Å². The summed E-state index contributed by atoms with van der Waals surface area (Å²) >= 11 is 0. The first-order chi connectivity index (χ1) is 21.5. The molecule has 0 radical (unpaired) electrons. The second kappa shape index (κ2) is 12.7. The van der Waals surface area contributed by atoms with Gasteiger partial charge in [0.1, 0.15) is 18.5 Å². The molecule has 1 aliphatic carbocycles. The molecule has 1 N–H and O–H groups in total. The van der Waals surface area contributed by atoms with Crippen molar-refractivity contribution in [3.05, 3.63) is 83.2 Å². The molecule has 4 heterocycles. The van der Waals surface area contributed by atoms with E-state index >= 15 is 4.39 Å². The van der Waals surface area contributed by atoms with Crippen molar-refractivity contribution in [3.63, 3.8) is 0 Å². The standard InChI is InChI=1S/C36H41FN4O3/c37-32-6-2-1-5-30(32)34-31-9-7-26(36(42)43)22-33(31)41-20-19-40(18-17-39-15-3-4-16-39)23-27-21-28(8-10-29(27)35(34)41)44-24-25-11-13-38-14-12-25/h7-14,21-22,30,32H,1-6,15-20,23-24H2,(H,42,43)/t30-,32-/m0/s1. The van der Waals surface area contributed by atoms with Crippen LogP contribution < -0.4 is 4.74 Å². The summed E-state index contributed by atoms with van der Waals surface area (Å²) in [7, 11) is 0. The van der Waals surface area contributed by atoms with Crippen molar-refractivity contribution in [1.29, 1.82) is 0 Å². The predicted molar refractivity (Wildman–Crippen MR) is 170 cm³/mol. The second-order valence-electron chi connectivity index (χ2n) is 12.6. The smallest absolute Gasteiger partial charge is 0.335 e. The number of alkyl halides is 1. The lowest BCUT2D eigenvalue weighted by molar-refractivity contribution is 0.0697. The highest BCUT2D eigenvalue weighted by Crippen LogP contribution is 2.47. The SMILES string of the molecule is O=C(O)c1ccc2c([C@H]3CCCC[C@@H]3F)c3n(c2c1)CCN(CCN1CCCC1)Cc1cc(OCc2ccncc2)ccc1-3. The number of fused-ring (bicyclic) bond motifs is 5. The minimum Gasteiger partial charge on any atom is -0.489 e. The zero-order valence-electron chi connectivity index (χ0n) is 25.3. The Morgan fingerprint density at radius 1 is 0.909 bits per heavy atom. The molecule has 7 nitrogen and oxygen atoms in total. The molecule has 7 rings (SSSR count). The molecule has 2 aliphatic heterocycles. The molecular weight excluding hydrogens is 555 g/mol. The monoisotopic (exact) mass is 596 g/mol. The first-order valence-electron chi connectivity index (χ1n) is 16.2. The number of carboxylic acid groups (broad SMARTS) is 1. The van der Waals surface area contributed by atoms with Gasteiger partial charge >= 0.3 is 5.97 Å². The Morgan fingerprint density at radius 3 is 2.50 bits per heavy atom. The van der Waals surface area contributed by atoms with Crippen LogP contribution in [0.25, 0.3) is 22.2 Å². The molecular formula is C36H41FN4O3. The van der Waals surface area contributed by atoms with Crippen LogP contribution in [-0.4, -0.2) is 69.3 Å². The molecule has 2 aromatic heterocycles. The minimum absolute atomic E-state index is 0.209. The quantitative estimate of drug-likeness (QED) is 0.239. The normalized spacial score (nSPS) is 21.0. The summed E-state index contributed by atoms with van der Waals surface area (Å²) in [5.41, 5.74) is 6.55. The maximum absolute atomic E-state index is 15.8. The lowest BCUT2D eigenvalue weighted by atomic mass is 9.80. The topological polar surface area (TPSA) is 70.8 Å². The molecule has 230 valence electrons. The van der Waals surface area contributed by atoms with Gasteiger partial charge in [-0.2, -0.15) is 0 Å². The molecule has 4 aromatic rings. The average molecular weight is 597 g/mol. The molecule has 2 aromatic carbocycles. The van der Waals surface area contributed by atoms with Gasteiger partial charge in [0.25, 0.3) is 0 Å². The van der Waals surface area contributed by atoms with Crippen molar-refractivity contribution in [2.75, 3.05) is 32.7 Å². The number of aromatic nitrogens is 2. The number of likely N-dealkylation sites (tertiary alicyclic amines) is 1. The Balaban J connectivity index is 1.34. The predicted octanol–water partition coefficient (Wildman–Crippen LogP) is 6.89. The van der Waals surface area contributed by atoms with Gasteiger partial charge in [0.2, 0.25) is 0 Å². The van der Waals surface area contributed by atoms with Crippen LogP contribution in [0.3, 0.4) is 0 Å². The number of ether oxygens (including phenoxy) is 1. The summed E-state index contributed by atoms with van der Waals surface area (Å²) < 4.78 is 24.3. The van der Waals surface area contributed by atoms with E-state index < -0.39 is 12.1 Å². The Kier molecular flexibility index (Phi) is 8.37. The first-order valence-corrected chi connectivity index (χ1v) is 16.2. The number of aromatic carboxylic acids is 1. The molecule has 2 atom stereocenters. The molecule has 1 saturated carbocycles. The van der Waals surface area contributed by atoms with E-state index in [0.29, 0.717) is 13.0 Å². The van der Waals surface area contributed by atoms with E-state index in [2.05, 4.69) is 31.5 Å². The summed E-state index contributed by atoms with van der Waals surface area (Å²) in [6.45, 7) is 7.10. The average Bonchev–Trinajstić information content (AvgIpc) is 3.67. The number of pyridine rings is 1. The number of benzene rings is 2. The highest BCUT2D eigenvalue weighted by Gasteiger charge is 2.34. The number of halogens is 1. The van der Waals surface area contributed by atoms with E-state index in [1.807, 2.05) is 24.3 Å². The van der Waals surface area contributed by atoms with E-state index in [-0.39, 0.29) is 11.5 Å². The van der Waals surface area contributed by atoms with Crippen LogP contribution in [0.4, 0.5) is 4.39 Å². The highest BCUT2D eigenvalue weighted by atomic mass is 19.1. The van der Waals surface area contributed by atoms with Gasteiger partial charge in [-0.05, 0) is 97.9 Å². The third-order valence-corrected chi connectivity index (χ3v) is 9.85. The van der Waals surface area contributed by atoms with Crippen LogP contribution in [0.2, 0.25) is 0 Å². The van der Waals surface area contributed by atoms with Gasteiger partial charge in [0, 0.05) is 67.5 Å². The Labute approximate surface area is 258 Å². The number of hydrogen-bond donors (Lipinski definition) is 1. The fourth-order valence-electron chi connectivity index (χ4n) is 7.53. The molecule has 8 heteroatoms. The maximum Gasteiger partial charge on any atom is 0.335 e. The number of hydrogen-bond acceptors (Lipinski definition) is 5. The largest absolute Gasteiger partial charge is 0.489 e. The summed E-state index contributed by atoms with van der Waals surface area (Å²) in [6, 6.07) is 15.6. The molecule has 2 fully saturated rings. The van der Waals surface area contributed by atoms with E-state index in [4.69, 9.17) is 4.74 Å². The van der Waals surface area contributed by atoms with Crippen molar-refractivity contribution in [2.45, 2.75) is 70.3 Å². The summed E-state index contributed by atoms with van der Waals surface area (Å²) in [5, 5.41) is 10.9. The van der Waals surface area contributed by atoms with Crippen molar-refractivity contribution in [2.24, 2.45) is 0 Å². The van der Waals surface area contributed by atoms with Gasteiger partial charge in [0.05, 0.1) is 11.3 Å². The van der Waals surface area contributed by atoms with Crippen molar-refractivity contribution in [1.82, 2.24) is 19.4 Å². The molecule has 44 heavy (non-hydrogen) atoms. The fourth-order valence-corrected chi connectivity index (χ4v) is 7.53. The number of rotatable bonds is 8. The van der Waals surface area contributed by atoms with Gasteiger partial charge in [-0.3, -0.25) is 9.88 Å². The van der Waals surface area contributed by atoms with Crippen LogP contribution in [0.5, 0.6) is 5.75 Å². The van der Waals surface area contributed by atoms with Crippen LogP contribution >= 0.6 is 0 Å². The van der Waals surface area contributed by atoms with E-state index in [1.54, 1.807) is 24.5 Å². The van der Waals surface area contributed by atoms with Crippen molar-refractivity contribution in [3.8, 4) is 17.0 Å². The lowest BCUT2D eigenvalue weighted by Crippen LogP contribution is -2.36. The molecule has 0 bridgehead atoms. The Bertz CT molecular complexity index is 1630. The van der Waals surface area contributed by atoms with Crippen LogP contribution in [0.15, 0.2) is 60.9 Å². The minimum atomic E-state index is -0.945. The number of nitrogens with zero attached hydrogens (tertiary/aromatic N) is 4. The van der Waals surface area contributed by atoms with Gasteiger partial charge in [-0.15, -0.1) is 0 Å². The molecule has 0 spiro atoms. The van der Waals surface area contributed by atoms with E-state index in [0.717, 1.165) is 110 Å². The molecule has 1 saturated heterocycles. The maximum atomic E-state index is 15.8. The highest BCUT2D eigenvalue weighted by molar-refractivity contribution is 5.98. The van der Waals surface area contributed by atoms with Crippen molar-refractivity contribution < 1.29 is 19.0 Å². The second-order valence-corrected chi connectivity index (χ2v) is 12.6. The van der Waals surface area contributed by atoms with Gasteiger partial charge in [-0.25, -0.2) is 9.18 Å². The summed E-state index contributed by atoms with van der Waals surface area (Å²) in [6.07, 6.45) is 8.47. The number of carbonyl (C=O) groups is 1. The fraction of sp³-hybridized carbons (Fsp3) is 0.444. The van der Waals surface area contributed by atoms with E-state index in [1.165, 1.54) is 12.8 Å². The molecule has 0 unspecified atom stereocenters. The third-order valence-electron chi connectivity index (χ3n) is 9.85. The number of carboxylic acids is 1. The van der Waals surface area contributed by atoms with Gasteiger partial charge < -0.3 is 19.3 Å². The first kappa shape index (κ1) is 29.0. The molecule has 3 aliphatic rings. The van der Waals surface area contributed by atoms with Crippen LogP contribution in [0.1, 0.15) is 71.5 Å². The third kappa shape index (κ3) is 5.85. The Hall–Kier alpha value is -3.75. The molecule has 0 amide bonds.